The molecule has 2 aromatic rings. The largest absolute Gasteiger partial charge is 0.462 e. The van der Waals surface area contributed by atoms with Gasteiger partial charge in [-0.15, -0.1) is 5.10 Å². The molecule has 4 nitrogen and oxygen atoms in total. The van der Waals surface area contributed by atoms with Crippen LogP contribution in [0.25, 0.3) is 11.4 Å². The molecule has 1 aromatic carbocycles. The molecule has 1 aromatic heterocycles. The topological polar surface area (TPSA) is 50.8 Å². The molecule has 17 heavy (non-hydrogen) atoms. The van der Waals surface area contributed by atoms with Gasteiger partial charge < -0.3 is 4.74 Å². The predicted molar refractivity (Wildman–Crippen MR) is 67.0 cm³/mol. The molecule has 0 atom stereocenters. The van der Waals surface area contributed by atoms with E-state index in [1.807, 2.05) is 18.2 Å². The summed E-state index contributed by atoms with van der Waals surface area (Å²) in [5.41, 5.74) is 2.23. The fourth-order valence-electron chi connectivity index (χ4n) is 1.58. The van der Waals surface area contributed by atoms with Crippen molar-refractivity contribution in [3.05, 3.63) is 29.8 Å². The van der Waals surface area contributed by atoms with Crippen LogP contribution in [0.4, 0.5) is 0 Å². The Balaban J connectivity index is 2.10. The number of hydrogen-bond acceptors (Lipinski definition) is 3. The highest BCUT2D eigenvalue weighted by molar-refractivity contribution is 5.59. The summed E-state index contributed by atoms with van der Waals surface area (Å²) in [5, 5.41) is 6.95. The highest BCUT2D eigenvalue weighted by Gasteiger charge is 2.07. The van der Waals surface area contributed by atoms with E-state index in [1.165, 1.54) is 5.56 Å². The summed E-state index contributed by atoms with van der Waals surface area (Å²) in [6, 6.07) is 8.49. The first-order chi connectivity index (χ1) is 8.31. The number of nitrogens with one attached hydrogen (secondary N) is 1. The summed E-state index contributed by atoms with van der Waals surface area (Å²) in [5.74, 6) is 0.759. The second kappa shape index (κ2) is 5.48. The Morgan fingerprint density at radius 3 is 2.88 bits per heavy atom. The minimum atomic E-state index is 0.428. The van der Waals surface area contributed by atoms with Crippen LogP contribution >= 0.6 is 0 Å². The van der Waals surface area contributed by atoms with Crippen LogP contribution in [-0.2, 0) is 0 Å². The Bertz CT molecular complexity index is 479. The third kappa shape index (κ3) is 2.84. The van der Waals surface area contributed by atoms with Crippen LogP contribution in [0.2, 0.25) is 0 Å². The number of benzene rings is 1. The lowest BCUT2D eigenvalue weighted by atomic mass is 10.1. The van der Waals surface area contributed by atoms with Gasteiger partial charge in [0.15, 0.2) is 5.82 Å². The van der Waals surface area contributed by atoms with E-state index in [-0.39, 0.29) is 0 Å². The molecule has 0 amide bonds. The Morgan fingerprint density at radius 2 is 2.12 bits per heavy atom. The van der Waals surface area contributed by atoms with Gasteiger partial charge in [-0.2, -0.15) is 4.98 Å². The minimum Gasteiger partial charge on any atom is -0.462 e. The van der Waals surface area contributed by atoms with Crippen LogP contribution in [0.15, 0.2) is 24.3 Å². The molecule has 0 aliphatic rings. The molecule has 4 heteroatoms. The van der Waals surface area contributed by atoms with Gasteiger partial charge in [-0.25, -0.2) is 0 Å². The molecule has 90 valence electrons. The molecule has 0 saturated carbocycles. The lowest BCUT2D eigenvalue weighted by Crippen LogP contribution is -1.97. The molecule has 0 spiro atoms. The Labute approximate surface area is 101 Å². The van der Waals surface area contributed by atoms with Crippen LogP contribution in [0, 0.1) is 6.92 Å². The van der Waals surface area contributed by atoms with E-state index in [0.29, 0.717) is 12.6 Å². The summed E-state index contributed by atoms with van der Waals surface area (Å²) in [6.45, 7) is 4.84. The van der Waals surface area contributed by atoms with E-state index in [4.69, 9.17) is 4.74 Å². The average molecular weight is 231 g/mol. The van der Waals surface area contributed by atoms with E-state index in [9.17, 15) is 0 Å². The molecule has 0 bridgehead atoms. The van der Waals surface area contributed by atoms with Gasteiger partial charge in [0.25, 0.3) is 0 Å². The zero-order valence-corrected chi connectivity index (χ0v) is 10.2. The maximum atomic E-state index is 5.43. The summed E-state index contributed by atoms with van der Waals surface area (Å²) in [6.07, 6.45) is 2.13. The molecule has 0 saturated heterocycles. The van der Waals surface area contributed by atoms with E-state index < -0.39 is 0 Å². The van der Waals surface area contributed by atoms with E-state index >= 15 is 0 Å². The molecule has 1 heterocycles. The van der Waals surface area contributed by atoms with Gasteiger partial charge in [0.1, 0.15) is 0 Å². The first kappa shape index (κ1) is 11.6. The zero-order chi connectivity index (χ0) is 12.1. The number of H-pyrrole nitrogens is 1. The number of aryl methyl sites for hydroxylation is 1. The molecule has 0 fully saturated rings. The van der Waals surface area contributed by atoms with Gasteiger partial charge in [0.2, 0.25) is 0 Å². The number of rotatable bonds is 5. The lowest BCUT2D eigenvalue weighted by molar-refractivity contribution is 0.286. The molecule has 0 radical (unpaired) electrons. The van der Waals surface area contributed by atoms with Crippen LogP contribution < -0.4 is 4.74 Å². The number of aromatic amines is 1. The van der Waals surface area contributed by atoms with Crippen molar-refractivity contribution >= 4 is 0 Å². The van der Waals surface area contributed by atoms with Crippen molar-refractivity contribution < 1.29 is 4.74 Å². The second-order valence-electron chi connectivity index (χ2n) is 3.98. The molecule has 0 aliphatic heterocycles. The van der Waals surface area contributed by atoms with Crippen molar-refractivity contribution in [3.63, 3.8) is 0 Å². The Kier molecular flexibility index (Phi) is 3.75. The number of hydrogen-bond donors (Lipinski definition) is 1. The molecule has 2 rings (SSSR count). The summed E-state index contributed by atoms with van der Waals surface area (Å²) >= 11 is 0. The number of aromatic nitrogens is 3. The molecular weight excluding hydrogens is 214 g/mol. The Hall–Kier alpha value is -1.84. The van der Waals surface area contributed by atoms with Gasteiger partial charge >= 0.3 is 6.01 Å². The van der Waals surface area contributed by atoms with E-state index in [1.54, 1.807) is 0 Å². The number of unbranched alkanes of at least 4 members (excludes halogenated alkanes) is 1. The van der Waals surface area contributed by atoms with Crippen molar-refractivity contribution in [3.8, 4) is 17.4 Å². The second-order valence-corrected chi connectivity index (χ2v) is 3.98. The van der Waals surface area contributed by atoms with Crippen molar-refractivity contribution in [1.29, 1.82) is 0 Å². The molecule has 0 unspecified atom stereocenters. The standard InChI is InChI=1S/C13H17N3O/c1-3-4-9-17-13-14-12(15-16-13)11-8-6-5-7-10(11)2/h5-8H,3-4,9H2,1-2H3,(H,14,15,16). The predicted octanol–water partition coefficient (Wildman–Crippen LogP) is 2.96. The monoisotopic (exact) mass is 231 g/mol. The summed E-state index contributed by atoms with van der Waals surface area (Å²) in [4.78, 5) is 4.32. The van der Waals surface area contributed by atoms with E-state index in [0.717, 1.165) is 24.2 Å². The lowest BCUT2D eigenvalue weighted by Gasteiger charge is -2.00. The van der Waals surface area contributed by atoms with Gasteiger partial charge in [0.05, 0.1) is 6.61 Å². The third-order valence-corrected chi connectivity index (χ3v) is 2.59. The van der Waals surface area contributed by atoms with Gasteiger partial charge in [-0.1, -0.05) is 37.6 Å². The first-order valence-corrected chi connectivity index (χ1v) is 5.92. The first-order valence-electron chi connectivity index (χ1n) is 5.92. The van der Waals surface area contributed by atoms with Crippen molar-refractivity contribution in [2.45, 2.75) is 26.7 Å². The van der Waals surface area contributed by atoms with Crippen LogP contribution in [0.3, 0.4) is 0 Å². The maximum absolute atomic E-state index is 5.43. The maximum Gasteiger partial charge on any atom is 0.335 e. The fraction of sp³-hybridized carbons (Fsp3) is 0.385. The molecular formula is C13H17N3O. The third-order valence-electron chi connectivity index (χ3n) is 2.59. The number of nitrogens with zero attached hydrogens (tertiary/aromatic N) is 2. The SMILES string of the molecule is CCCCOc1n[nH]c(-c2ccccc2C)n1. The van der Waals surface area contributed by atoms with Crippen molar-refractivity contribution in [2.24, 2.45) is 0 Å². The van der Waals surface area contributed by atoms with Gasteiger partial charge in [-0.05, 0) is 18.9 Å². The summed E-state index contributed by atoms with van der Waals surface area (Å²) in [7, 11) is 0. The van der Waals surface area contributed by atoms with Crippen molar-refractivity contribution in [2.75, 3.05) is 6.61 Å². The highest BCUT2D eigenvalue weighted by Crippen LogP contribution is 2.20. The van der Waals surface area contributed by atoms with Crippen LogP contribution in [0.5, 0.6) is 6.01 Å². The minimum absolute atomic E-state index is 0.428. The van der Waals surface area contributed by atoms with Gasteiger partial charge in [0, 0.05) is 5.56 Å². The van der Waals surface area contributed by atoms with Gasteiger partial charge in [-0.3, -0.25) is 5.10 Å². The van der Waals surface area contributed by atoms with E-state index in [2.05, 4.69) is 35.1 Å². The smallest absolute Gasteiger partial charge is 0.335 e. The van der Waals surface area contributed by atoms with Crippen molar-refractivity contribution in [1.82, 2.24) is 15.2 Å². The van der Waals surface area contributed by atoms with Crippen LogP contribution in [-0.4, -0.2) is 21.8 Å². The zero-order valence-electron chi connectivity index (χ0n) is 10.2. The fourth-order valence-corrected chi connectivity index (χ4v) is 1.58. The van der Waals surface area contributed by atoms with Crippen LogP contribution in [0.1, 0.15) is 25.3 Å². The molecule has 1 N–H and O–H groups in total. The Morgan fingerprint density at radius 1 is 1.29 bits per heavy atom. The number of ether oxygens (including phenoxy) is 1. The normalized spacial score (nSPS) is 10.5. The molecule has 0 aliphatic carbocycles. The highest BCUT2D eigenvalue weighted by atomic mass is 16.5. The summed E-state index contributed by atoms with van der Waals surface area (Å²) < 4.78 is 5.43. The average Bonchev–Trinajstić information content (AvgIpc) is 2.79. The quantitative estimate of drug-likeness (QED) is 0.805.